The minimum atomic E-state index is -0.742. The number of aryl methyl sites for hydroxylation is 1. The minimum absolute atomic E-state index is 0.280. The first kappa shape index (κ1) is 9.58. The summed E-state index contributed by atoms with van der Waals surface area (Å²) in [5.74, 6) is 0. The van der Waals surface area contributed by atoms with Crippen LogP contribution in [-0.2, 0) is 4.74 Å². The van der Waals surface area contributed by atoms with E-state index in [1.54, 1.807) is 6.92 Å². The zero-order valence-electron chi connectivity index (χ0n) is 7.78. The van der Waals surface area contributed by atoms with E-state index in [1.165, 1.54) is 0 Å². The van der Waals surface area contributed by atoms with Crippen LogP contribution in [0.15, 0.2) is 24.3 Å². The van der Waals surface area contributed by atoms with Crippen molar-refractivity contribution in [3.8, 4) is 0 Å². The largest absolute Gasteiger partial charge is 0.442 e. The van der Waals surface area contributed by atoms with Gasteiger partial charge in [0.1, 0.15) is 6.10 Å². The summed E-state index contributed by atoms with van der Waals surface area (Å²) in [5.41, 5.74) is 7.00. The monoisotopic (exact) mass is 179 g/mol. The van der Waals surface area contributed by atoms with Gasteiger partial charge in [-0.05, 0) is 19.4 Å². The van der Waals surface area contributed by atoms with E-state index in [2.05, 4.69) is 0 Å². The van der Waals surface area contributed by atoms with Gasteiger partial charge in [0.2, 0.25) is 0 Å². The normalized spacial score (nSPS) is 12.2. The first-order valence-electron chi connectivity index (χ1n) is 4.12. The SMILES string of the molecule is Cc1cccc(C(C)OC(N)=O)c1. The molecule has 0 aliphatic carbocycles. The highest BCUT2D eigenvalue weighted by molar-refractivity contribution is 5.65. The van der Waals surface area contributed by atoms with E-state index in [-0.39, 0.29) is 6.10 Å². The van der Waals surface area contributed by atoms with Crippen LogP contribution in [0.3, 0.4) is 0 Å². The maximum Gasteiger partial charge on any atom is 0.405 e. The number of hydrogen-bond acceptors (Lipinski definition) is 2. The highest BCUT2D eigenvalue weighted by Crippen LogP contribution is 2.17. The number of carbonyl (C=O) groups is 1. The van der Waals surface area contributed by atoms with Gasteiger partial charge in [0.25, 0.3) is 0 Å². The standard InChI is InChI=1S/C10H13NO2/c1-7-4-3-5-9(6-7)8(2)13-10(11)12/h3-6,8H,1-2H3,(H2,11,12). The van der Waals surface area contributed by atoms with E-state index in [1.807, 2.05) is 31.2 Å². The fourth-order valence-electron chi connectivity index (χ4n) is 1.17. The molecule has 0 radical (unpaired) electrons. The molecule has 0 fully saturated rings. The molecule has 1 aromatic carbocycles. The van der Waals surface area contributed by atoms with E-state index in [0.717, 1.165) is 11.1 Å². The minimum Gasteiger partial charge on any atom is -0.442 e. The summed E-state index contributed by atoms with van der Waals surface area (Å²) in [6.45, 7) is 3.78. The number of hydrogen-bond donors (Lipinski definition) is 1. The third kappa shape index (κ3) is 2.78. The lowest BCUT2D eigenvalue weighted by molar-refractivity contribution is 0.116. The second kappa shape index (κ2) is 3.94. The van der Waals surface area contributed by atoms with E-state index >= 15 is 0 Å². The molecule has 0 aliphatic rings. The molecule has 0 saturated carbocycles. The Labute approximate surface area is 77.5 Å². The number of primary amides is 1. The van der Waals surface area contributed by atoms with Crippen LogP contribution >= 0.6 is 0 Å². The van der Waals surface area contributed by atoms with E-state index in [4.69, 9.17) is 10.5 Å². The van der Waals surface area contributed by atoms with Crippen LogP contribution in [0.5, 0.6) is 0 Å². The summed E-state index contributed by atoms with van der Waals surface area (Å²) in [6.07, 6.45) is -1.02. The molecule has 70 valence electrons. The zero-order valence-corrected chi connectivity index (χ0v) is 7.78. The van der Waals surface area contributed by atoms with Gasteiger partial charge in [-0.1, -0.05) is 29.8 Å². The van der Waals surface area contributed by atoms with Crippen molar-refractivity contribution in [3.05, 3.63) is 35.4 Å². The topological polar surface area (TPSA) is 52.3 Å². The lowest BCUT2D eigenvalue weighted by Gasteiger charge is -2.11. The molecular formula is C10H13NO2. The van der Waals surface area contributed by atoms with E-state index in [9.17, 15) is 4.79 Å². The maximum absolute atomic E-state index is 10.5. The van der Waals surface area contributed by atoms with Crippen molar-refractivity contribution < 1.29 is 9.53 Å². The van der Waals surface area contributed by atoms with Crippen molar-refractivity contribution >= 4 is 6.09 Å². The lowest BCUT2D eigenvalue weighted by atomic mass is 10.1. The summed E-state index contributed by atoms with van der Waals surface area (Å²) >= 11 is 0. The summed E-state index contributed by atoms with van der Waals surface area (Å²) in [5, 5.41) is 0. The van der Waals surface area contributed by atoms with Crippen LogP contribution in [0.4, 0.5) is 4.79 Å². The molecule has 1 rings (SSSR count). The Morgan fingerprint density at radius 1 is 1.54 bits per heavy atom. The first-order chi connectivity index (χ1) is 6.09. The number of rotatable bonds is 2. The fourth-order valence-corrected chi connectivity index (χ4v) is 1.17. The highest BCUT2D eigenvalue weighted by Gasteiger charge is 2.07. The van der Waals surface area contributed by atoms with Crippen molar-refractivity contribution in [2.24, 2.45) is 5.73 Å². The molecule has 3 heteroatoms. The summed E-state index contributed by atoms with van der Waals surface area (Å²) in [4.78, 5) is 10.5. The number of nitrogens with two attached hydrogens (primary N) is 1. The molecule has 0 spiro atoms. The molecule has 1 aromatic rings. The number of carbonyl (C=O) groups excluding carboxylic acids is 1. The van der Waals surface area contributed by atoms with Gasteiger partial charge >= 0.3 is 6.09 Å². The van der Waals surface area contributed by atoms with Gasteiger partial charge in [-0.15, -0.1) is 0 Å². The van der Waals surface area contributed by atoms with Crippen LogP contribution in [0.2, 0.25) is 0 Å². The molecule has 3 nitrogen and oxygen atoms in total. The van der Waals surface area contributed by atoms with Crippen molar-refractivity contribution in [2.75, 3.05) is 0 Å². The molecule has 0 aromatic heterocycles. The van der Waals surface area contributed by atoms with Gasteiger partial charge in [0, 0.05) is 0 Å². The summed E-state index contributed by atoms with van der Waals surface area (Å²) < 4.78 is 4.83. The molecule has 0 heterocycles. The van der Waals surface area contributed by atoms with Gasteiger partial charge < -0.3 is 10.5 Å². The van der Waals surface area contributed by atoms with Gasteiger partial charge in [-0.3, -0.25) is 0 Å². The number of amides is 1. The van der Waals surface area contributed by atoms with Crippen LogP contribution < -0.4 is 5.73 Å². The van der Waals surface area contributed by atoms with Crippen LogP contribution in [0.25, 0.3) is 0 Å². The Hall–Kier alpha value is -1.51. The molecule has 1 unspecified atom stereocenters. The predicted molar refractivity (Wildman–Crippen MR) is 50.3 cm³/mol. The van der Waals surface area contributed by atoms with E-state index < -0.39 is 6.09 Å². The quantitative estimate of drug-likeness (QED) is 0.756. The fraction of sp³-hybridized carbons (Fsp3) is 0.300. The van der Waals surface area contributed by atoms with Gasteiger partial charge in [-0.2, -0.15) is 0 Å². The lowest BCUT2D eigenvalue weighted by Crippen LogP contribution is -2.15. The second-order valence-corrected chi connectivity index (χ2v) is 2.99. The third-order valence-electron chi connectivity index (χ3n) is 1.80. The van der Waals surface area contributed by atoms with Crippen LogP contribution in [0.1, 0.15) is 24.2 Å². The second-order valence-electron chi connectivity index (χ2n) is 2.99. The zero-order chi connectivity index (χ0) is 9.84. The highest BCUT2D eigenvalue weighted by atomic mass is 16.6. The van der Waals surface area contributed by atoms with Gasteiger partial charge in [0.15, 0.2) is 0 Å². The predicted octanol–water partition coefficient (Wildman–Crippen LogP) is 2.15. The van der Waals surface area contributed by atoms with Crippen LogP contribution in [0, 0.1) is 6.92 Å². The molecule has 0 aliphatic heterocycles. The molecule has 1 amide bonds. The van der Waals surface area contributed by atoms with Gasteiger partial charge in [-0.25, -0.2) is 4.79 Å². The molecule has 0 bridgehead atoms. The average molecular weight is 179 g/mol. The number of benzene rings is 1. The molecular weight excluding hydrogens is 166 g/mol. The smallest absolute Gasteiger partial charge is 0.405 e. The third-order valence-corrected chi connectivity index (χ3v) is 1.80. The number of ether oxygens (including phenoxy) is 1. The van der Waals surface area contributed by atoms with Crippen molar-refractivity contribution in [3.63, 3.8) is 0 Å². The van der Waals surface area contributed by atoms with Crippen molar-refractivity contribution in [2.45, 2.75) is 20.0 Å². The summed E-state index contributed by atoms with van der Waals surface area (Å²) in [6, 6.07) is 7.78. The summed E-state index contributed by atoms with van der Waals surface area (Å²) in [7, 11) is 0. The Morgan fingerprint density at radius 3 is 2.77 bits per heavy atom. The molecule has 0 saturated heterocycles. The molecule has 2 N–H and O–H groups in total. The van der Waals surface area contributed by atoms with E-state index in [0.29, 0.717) is 0 Å². The Bertz CT molecular complexity index is 310. The Kier molecular flexibility index (Phi) is 2.90. The first-order valence-corrected chi connectivity index (χ1v) is 4.12. The van der Waals surface area contributed by atoms with Crippen molar-refractivity contribution in [1.82, 2.24) is 0 Å². The van der Waals surface area contributed by atoms with Gasteiger partial charge in [0.05, 0.1) is 0 Å². The molecule has 13 heavy (non-hydrogen) atoms. The Morgan fingerprint density at radius 2 is 2.23 bits per heavy atom. The Balaban J connectivity index is 2.76. The maximum atomic E-state index is 10.5. The van der Waals surface area contributed by atoms with Crippen molar-refractivity contribution in [1.29, 1.82) is 0 Å². The van der Waals surface area contributed by atoms with Crippen LogP contribution in [-0.4, -0.2) is 6.09 Å². The average Bonchev–Trinajstić information content (AvgIpc) is 2.03. The molecule has 1 atom stereocenters.